The molecule has 2 N–H and O–H groups in total. The van der Waals surface area contributed by atoms with E-state index < -0.39 is 6.10 Å². The molecule has 6 heteroatoms. The Morgan fingerprint density at radius 1 is 1.13 bits per heavy atom. The second-order valence-corrected chi connectivity index (χ2v) is 7.86. The van der Waals surface area contributed by atoms with Crippen LogP contribution in [0.15, 0.2) is 71.3 Å². The number of aryl methyl sites for hydroxylation is 1. The predicted octanol–water partition coefficient (Wildman–Crippen LogP) is 4.65. The number of aromatic nitrogens is 1. The van der Waals surface area contributed by atoms with Gasteiger partial charge in [0.15, 0.2) is 5.58 Å². The highest BCUT2D eigenvalue weighted by molar-refractivity contribution is 5.91. The van der Waals surface area contributed by atoms with Gasteiger partial charge >= 0.3 is 0 Å². The minimum Gasteiger partial charge on any atom is -0.491 e. The van der Waals surface area contributed by atoms with Gasteiger partial charge in [0, 0.05) is 29.6 Å². The Bertz CT molecular complexity index is 1190. The van der Waals surface area contributed by atoms with E-state index in [0.29, 0.717) is 23.6 Å². The first kappa shape index (κ1) is 19.7. The summed E-state index contributed by atoms with van der Waals surface area (Å²) in [5.74, 6) is 0.303. The lowest BCUT2D eigenvalue weighted by Gasteiger charge is -2.18. The molecule has 0 aliphatic heterocycles. The molecular weight excluding hydrogens is 395 g/mol. The highest BCUT2D eigenvalue weighted by atomic mass is 19.1. The molecule has 0 saturated heterocycles. The van der Waals surface area contributed by atoms with Crippen molar-refractivity contribution in [2.75, 3.05) is 13.2 Å². The van der Waals surface area contributed by atoms with Crippen LogP contribution in [0.25, 0.3) is 22.2 Å². The lowest BCUT2D eigenvalue weighted by molar-refractivity contribution is 0.103. The van der Waals surface area contributed by atoms with Crippen molar-refractivity contribution in [1.82, 2.24) is 10.5 Å². The molecule has 5 nitrogen and oxygen atoms in total. The predicted molar refractivity (Wildman–Crippen MR) is 116 cm³/mol. The van der Waals surface area contributed by atoms with Crippen molar-refractivity contribution in [3.63, 3.8) is 0 Å². The van der Waals surface area contributed by atoms with E-state index in [2.05, 4.69) is 34.7 Å². The number of nitrogens with zero attached hydrogens (tertiary/aromatic N) is 1. The summed E-state index contributed by atoms with van der Waals surface area (Å²) in [5, 5.41) is 18.6. The van der Waals surface area contributed by atoms with E-state index in [-0.39, 0.29) is 18.5 Å². The number of hydrogen-bond donors (Lipinski definition) is 2. The Labute approximate surface area is 179 Å². The van der Waals surface area contributed by atoms with Gasteiger partial charge in [-0.05, 0) is 60.4 Å². The number of aliphatic hydroxyl groups excluding tert-OH is 1. The van der Waals surface area contributed by atoms with E-state index in [1.54, 1.807) is 6.07 Å². The first-order chi connectivity index (χ1) is 15.2. The maximum Gasteiger partial charge on any atom is 0.170 e. The van der Waals surface area contributed by atoms with E-state index in [1.165, 1.54) is 23.3 Å². The van der Waals surface area contributed by atoms with Crippen LogP contribution in [0.4, 0.5) is 4.39 Å². The molecule has 1 unspecified atom stereocenters. The summed E-state index contributed by atoms with van der Waals surface area (Å²) in [5.41, 5.74) is 4.63. The summed E-state index contributed by atoms with van der Waals surface area (Å²) in [7, 11) is 0. The minimum absolute atomic E-state index is 0.201. The van der Waals surface area contributed by atoms with Crippen molar-refractivity contribution in [2.45, 2.75) is 25.0 Å². The maximum atomic E-state index is 13.3. The van der Waals surface area contributed by atoms with Crippen molar-refractivity contribution in [3.05, 3.63) is 83.7 Å². The largest absolute Gasteiger partial charge is 0.491 e. The van der Waals surface area contributed by atoms with Crippen molar-refractivity contribution in [2.24, 2.45) is 0 Å². The molecule has 1 aliphatic rings. The van der Waals surface area contributed by atoms with Crippen molar-refractivity contribution in [1.29, 1.82) is 0 Å². The van der Waals surface area contributed by atoms with Crippen LogP contribution < -0.4 is 10.1 Å². The molecule has 1 aromatic heterocycles. The fourth-order valence-corrected chi connectivity index (χ4v) is 4.13. The number of benzene rings is 3. The number of fused-ring (bicyclic) bond motifs is 2. The molecule has 0 bridgehead atoms. The van der Waals surface area contributed by atoms with Crippen LogP contribution in [-0.4, -0.2) is 29.5 Å². The molecule has 1 heterocycles. The average molecular weight is 418 g/mol. The van der Waals surface area contributed by atoms with Gasteiger partial charge in [-0.2, -0.15) is 0 Å². The Morgan fingerprint density at radius 3 is 2.84 bits per heavy atom. The van der Waals surface area contributed by atoms with Gasteiger partial charge in [-0.15, -0.1) is 0 Å². The third-order valence-corrected chi connectivity index (χ3v) is 5.74. The summed E-state index contributed by atoms with van der Waals surface area (Å²) in [6.07, 6.45) is 1.52. The zero-order valence-corrected chi connectivity index (χ0v) is 16.9. The zero-order valence-electron chi connectivity index (χ0n) is 16.9. The highest BCUT2D eigenvalue weighted by Gasteiger charge is 2.22. The first-order valence-electron chi connectivity index (χ1n) is 10.4. The number of aliphatic hydroxyl groups is 1. The van der Waals surface area contributed by atoms with Crippen LogP contribution in [0.2, 0.25) is 0 Å². The van der Waals surface area contributed by atoms with Gasteiger partial charge in [0.05, 0.1) is 0 Å². The standard InChI is InChI=1S/C25H23FN2O3/c26-18-8-11-22-24(13-18)31-28-25(22)17-5-9-20(10-6-17)30-15-19(29)14-27-23-12-7-16-3-1-2-4-21(16)23/h1-6,8-11,13,19,23,27,29H,7,12,14-15H2/t19-,23?/m1/s1. The fraction of sp³-hybridized carbons (Fsp3) is 0.240. The third kappa shape index (κ3) is 4.17. The molecule has 5 rings (SSSR count). The van der Waals surface area contributed by atoms with Crippen LogP contribution in [0.3, 0.4) is 0 Å². The monoisotopic (exact) mass is 418 g/mol. The van der Waals surface area contributed by atoms with E-state index in [1.807, 2.05) is 24.3 Å². The summed E-state index contributed by atoms with van der Waals surface area (Å²) >= 11 is 0. The first-order valence-corrected chi connectivity index (χ1v) is 10.4. The maximum absolute atomic E-state index is 13.3. The lowest BCUT2D eigenvalue weighted by atomic mass is 10.1. The van der Waals surface area contributed by atoms with Gasteiger partial charge in [-0.3, -0.25) is 0 Å². The Morgan fingerprint density at radius 2 is 1.97 bits per heavy atom. The minimum atomic E-state index is -0.609. The quantitative estimate of drug-likeness (QED) is 0.457. The van der Waals surface area contributed by atoms with Gasteiger partial charge in [0.25, 0.3) is 0 Å². The number of halogens is 1. The molecular formula is C25H23FN2O3. The number of ether oxygens (including phenoxy) is 1. The molecule has 0 radical (unpaired) electrons. The molecule has 4 aromatic rings. The van der Waals surface area contributed by atoms with Gasteiger partial charge in [-0.25, -0.2) is 4.39 Å². The summed E-state index contributed by atoms with van der Waals surface area (Å²) < 4.78 is 24.3. The van der Waals surface area contributed by atoms with Gasteiger partial charge < -0.3 is 19.7 Å². The van der Waals surface area contributed by atoms with Crippen molar-refractivity contribution >= 4 is 11.0 Å². The molecule has 3 aromatic carbocycles. The van der Waals surface area contributed by atoms with Crippen LogP contribution >= 0.6 is 0 Å². The van der Waals surface area contributed by atoms with E-state index in [0.717, 1.165) is 23.8 Å². The zero-order chi connectivity index (χ0) is 21.2. The van der Waals surface area contributed by atoms with Gasteiger partial charge in [-0.1, -0.05) is 29.4 Å². The SMILES string of the molecule is O[C@H](CNC1CCc2ccccc21)COc1ccc(-c2noc3cc(F)ccc23)cc1. The lowest BCUT2D eigenvalue weighted by Crippen LogP contribution is -2.33. The van der Waals surface area contributed by atoms with Gasteiger partial charge in [0.2, 0.25) is 0 Å². The van der Waals surface area contributed by atoms with Crippen LogP contribution in [0.5, 0.6) is 5.75 Å². The summed E-state index contributed by atoms with van der Waals surface area (Å²) in [6, 6.07) is 20.5. The summed E-state index contributed by atoms with van der Waals surface area (Å²) in [4.78, 5) is 0. The molecule has 2 atom stereocenters. The third-order valence-electron chi connectivity index (χ3n) is 5.74. The number of nitrogens with one attached hydrogen (secondary N) is 1. The molecule has 158 valence electrons. The summed E-state index contributed by atoms with van der Waals surface area (Å²) in [6.45, 7) is 0.672. The number of hydrogen-bond acceptors (Lipinski definition) is 5. The molecule has 0 fully saturated rings. The smallest absolute Gasteiger partial charge is 0.170 e. The Hall–Kier alpha value is -3.22. The normalized spacial score (nSPS) is 16.4. The van der Waals surface area contributed by atoms with Crippen LogP contribution in [-0.2, 0) is 6.42 Å². The fourth-order valence-electron chi connectivity index (χ4n) is 4.13. The average Bonchev–Trinajstić information content (AvgIpc) is 3.40. The van der Waals surface area contributed by atoms with Crippen LogP contribution in [0.1, 0.15) is 23.6 Å². The van der Waals surface area contributed by atoms with Gasteiger partial charge in [0.1, 0.15) is 30.0 Å². The van der Waals surface area contributed by atoms with E-state index in [9.17, 15) is 9.50 Å². The topological polar surface area (TPSA) is 67.5 Å². The number of rotatable bonds is 7. The Balaban J connectivity index is 1.16. The highest BCUT2D eigenvalue weighted by Crippen LogP contribution is 2.31. The second-order valence-electron chi connectivity index (χ2n) is 7.86. The molecule has 0 amide bonds. The van der Waals surface area contributed by atoms with Crippen molar-refractivity contribution < 1.29 is 18.8 Å². The van der Waals surface area contributed by atoms with E-state index >= 15 is 0 Å². The molecule has 31 heavy (non-hydrogen) atoms. The van der Waals surface area contributed by atoms with E-state index in [4.69, 9.17) is 9.26 Å². The van der Waals surface area contributed by atoms with Crippen LogP contribution in [0, 0.1) is 5.82 Å². The molecule has 1 aliphatic carbocycles. The van der Waals surface area contributed by atoms with Crippen molar-refractivity contribution in [3.8, 4) is 17.0 Å². The molecule has 0 spiro atoms. The molecule has 0 saturated carbocycles. The second kappa shape index (κ2) is 8.49. The Kier molecular flexibility index (Phi) is 5.40.